The first-order valence-electron chi connectivity index (χ1n) is 7.34. The number of allylic oxidation sites excluding steroid dienone is 5. The third-order valence-electron chi connectivity index (χ3n) is 3.51. The Bertz CT molecular complexity index is 585. The molecule has 3 nitrogen and oxygen atoms in total. The highest BCUT2D eigenvalue weighted by Gasteiger charge is 2.15. The van der Waals surface area contributed by atoms with Crippen molar-refractivity contribution < 1.29 is 4.79 Å². The van der Waals surface area contributed by atoms with Gasteiger partial charge in [0, 0.05) is 37.5 Å². The molecule has 1 aliphatic rings. The van der Waals surface area contributed by atoms with Crippen molar-refractivity contribution in [1.29, 1.82) is 0 Å². The van der Waals surface area contributed by atoms with E-state index < -0.39 is 0 Å². The number of benzene rings is 1. The number of anilines is 1. The van der Waals surface area contributed by atoms with E-state index in [0.717, 1.165) is 13.0 Å². The van der Waals surface area contributed by atoms with Crippen LogP contribution < -0.4 is 10.2 Å². The molecular weight excluding hydrogens is 260 g/mol. The van der Waals surface area contributed by atoms with Crippen molar-refractivity contribution >= 4 is 17.2 Å². The summed E-state index contributed by atoms with van der Waals surface area (Å²) in [7, 11) is 1.68. The summed E-state index contributed by atoms with van der Waals surface area (Å²) in [5, 5.41) is 2.66. The zero-order valence-corrected chi connectivity index (χ0v) is 12.7. The smallest absolute Gasteiger partial charge is 0.219 e. The van der Waals surface area contributed by atoms with Gasteiger partial charge in [-0.1, -0.05) is 36.4 Å². The van der Waals surface area contributed by atoms with Crippen LogP contribution in [0.3, 0.4) is 0 Å². The second-order valence-electron chi connectivity index (χ2n) is 4.95. The molecule has 1 aromatic rings. The van der Waals surface area contributed by atoms with Gasteiger partial charge in [0.25, 0.3) is 0 Å². The SMILES string of the molecule is C/C=C/C=C1\C=CN(CCCC(=O)NC)c2ccccc21. The summed E-state index contributed by atoms with van der Waals surface area (Å²) in [6, 6.07) is 8.38. The molecule has 110 valence electrons. The van der Waals surface area contributed by atoms with E-state index in [1.807, 2.05) is 13.0 Å². The number of rotatable bonds is 5. The fourth-order valence-corrected chi connectivity index (χ4v) is 2.38. The quantitative estimate of drug-likeness (QED) is 0.896. The Morgan fingerprint density at radius 3 is 2.90 bits per heavy atom. The Kier molecular flexibility index (Phi) is 5.38. The molecule has 1 amide bonds. The minimum Gasteiger partial charge on any atom is -0.359 e. The molecule has 3 heteroatoms. The molecule has 0 fully saturated rings. The lowest BCUT2D eigenvalue weighted by Crippen LogP contribution is -2.24. The van der Waals surface area contributed by atoms with Gasteiger partial charge in [-0.2, -0.15) is 0 Å². The summed E-state index contributed by atoms with van der Waals surface area (Å²) in [5.74, 6) is 0.0953. The molecule has 0 atom stereocenters. The number of para-hydroxylation sites is 1. The van der Waals surface area contributed by atoms with E-state index in [1.54, 1.807) is 7.05 Å². The van der Waals surface area contributed by atoms with Gasteiger partial charge >= 0.3 is 0 Å². The number of hydrogen-bond acceptors (Lipinski definition) is 2. The Balaban J connectivity index is 2.14. The second kappa shape index (κ2) is 7.48. The monoisotopic (exact) mass is 282 g/mol. The number of amides is 1. The standard InChI is InChI=1S/C18H22N2O/c1-3-4-8-15-12-14-20(13-7-11-18(21)19-2)17-10-6-5-9-16(15)17/h3-6,8-10,12,14H,7,11,13H2,1-2H3,(H,19,21)/b4-3+,15-8+. The van der Waals surface area contributed by atoms with E-state index in [2.05, 4.69) is 58.9 Å². The van der Waals surface area contributed by atoms with Crippen LogP contribution in [-0.2, 0) is 4.79 Å². The fourth-order valence-electron chi connectivity index (χ4n) is 2.38. The first-order valence-corrected chi connectivity index (χ1v) is 7.34. The van der Waals surface area contributed by atoms with Crippen LogP contribution in [0.25, 0.3) is 5.57 Å². The first kappa shape index (κ1) is 15.1. The lowest BCUT2D eigenvalue weighted by molar-refractivity contribution is -0.120. The maximum Gasteiger partial charge on any atom is 0.219 e. The highest BCUT2D eigenvalue weighted by atomic mass is 16.1. The topological polar surface area (TPSA) is 32.3 Å². The molecule has 0 aromatic heterocycles. The second-order valence-corrected chi connectivity index (χ2v) is 4.95. The van der Waals surface area contributed by atoms with Crippen LogP contribution in [0.2, 0.25) is 0 Å². The summed E-state index contributed by atoms with van der Waals surface area (Å²) in [5.41, 5.74) is 3.65. The van der Waals surface area contributed by atoms with Crippen molar-refractivity contribution in [2.75, 3.05) is 18.5 Å². The van der Waals surface area contributed by atoms with Crippen LogP contribution in [0, 0.1) is 0 Å². The number of nitrogens with one attached hydrogen (secondary N) is 1. The van der Waals surface area contributed by atoms with E-state index in [1.165, 1.54) is 16.8 Å². The van der Waals surface area contributed by atoms with Crippen molar-refractivity contribution in [3.8, 4) is 0 Å². The van der Waals surface area contributed by atoms with Crippen molar-refractivity contribution in [2.45, 2.75) is 19.8 Å². The van der Waals surface area contributed by atoms with Crippen molar-refractivity contribution in [3.63, 3.8) is 0 Å². The summed E-state index contributed by atoms with van der Waals surface area (Å²) >= 11 is 0. The third-order valence-corrected chi connectivity index (χ3v) is 3.51. The highest BCUT2D eigenvalue weighted by molar-refractivity contribution is 5.86. The van der Waals surface area contributed by atoms with Crippen LogP contribution in [0.1, 0.15) is 25.3 Å². The zero-order chi connectivity index (χ0) is 15.1. The van der Waals surface area contributed by atoms with Gasteiger partial charge < -0.3 is 10.2 Å². The molecular formula is C18H22N2O. The molecule has 2 rings (SSSR count). The minimum atomic E-state index is 0.0953. The normalized spacial score (nSPS) is 15.5. The number of nitrogens with zero attached hydrogens (tertiary/aromatic N) is 1. The predicted octanol–water partition coefficient (Wildman–Crippen LogP) is 3.51. The summed E-state index contributed by atoms with van der Waals surface area (Å²) in [4.78, 5) is 13.5. The maximum absolute atomic E-state index is 11.3. The molecule has 0 saturated heterocycles. The van der Waals surface area contributed by atoms with Gasteiger partial charge in [-0.25, -0.2) is 0 Å². The van der Waals surface area contributed by atoms with E-state index in [9.17, 15) is 4.79 Å². The molecule has 0 spiro atoms. The molecule has 0 radical (unpaired) electrons. The van der Waals surface area contributed by atoms with Crippen LogP contribution in [-0.4, -0.2) is 19.5 Å². The minimum absolute atomic E-state index is 0.0953. The van der Waals surface area contributed by atoms with Gasteiger partial charge in [-0.05, 0) is 31.1 Å². The average molecular weight is 282 g/mol. The molecule has 21 heavy (non-hydrogen) atoms. The summed E-state index contributed by atoms with van der Waals surface area (Å²) in [6.45, 7) is 2.86. The Labute approximate surface area is 126 Å². The van der Waals surface area contributed by atoms with E-state index >= 15 is 0 Å². The van der Waals surface area contributed by atoms with Crippen LogP contribution in [0.15, 0.2) is 54.8 Å². The largest absolute Gasteiger partial charge is 0.359 e. The molecule has 0 bridgehead atoms. The summed E-state index contributed by atoms with van der Waals surface area (Å²) in [6.07, 6.45) is 11.8. The van der Waals surface area contributed by atoms with Gasteiger partial charge in [-0.15, -0.1) is 0 Å². The Morgan fingerprint density at radius 2 is 2.14 bits per heavy atom. The van der Waals surface area contributed by atoms with Gasteiger partial charge in [-0.3, -0.25) is 4.79 Å². The predicted molar refractivity (Wildman–Crippen MR) is 89.0 cm³/mol. The number of hydrogen-bond donors (Lipinski definition) is 1. The molecule has 0 aliphatic carbocycles. The molecule has 0 saturated carbocycles. The number of fused-ring (bicyclic) bond motifs is 1. The van der Waals surface area contributed by atoms with Gasteiger partial charge in [0.15, 0.2) is 0 Å². The van der Waals surface area contributed by atoms with Crippen LogP contribution in [0.4, 0.5) is 5.69 Å². The average Bonchev–Trinajstić information content (AvgIpc) is 2.53. The third kappa shape index (κ3) is 3.85. The van der Waals surface area contributed by atoms with E-state index in [-0.39, 0.29) is 5.91 Å². The highest BCUT2D eigenvalue weighted by Crippen LogP contribution is 2.32. The Morgan fingerprint density at radius 1 is 1.33 bits per heavy atom. The Hall–Kier alpha value is -2.29. The van der Waals surface area contributed by atoms with Gasteiger partial charge in [0.1, 0.15) is 0 Å². The van der Waals surface area contributed by atoms with E-state index in [0.29, 0.717) is 6.42 Å². The molecule has 1 aromatic carbocycles. The maximum atomic E-state index is 11.3. The molecule has 1 heterocycles. The van der Waals surface area contributed by atoms with Crippen molar-refractivity contribution in [3.05, 3.63) is 60.3 Å². The van der Waals surface area contributed by atoms with Crippen molar-refractivity contribution in [2.24, 2.45) is 0 Å². The van der Waals surface area contributed by atoms with Crippen molar-refractivity contribution in [1.82, 2.24) is 5.32 Å². The lowest BCUT2D eigenvalue weighted by Gasteiger charge is -2.27. The van der Waals surface area contributed by atoms with Crippen LogP contribution in [0.5, 0.6) is 0 Å². The number of carbonyl (C=O) groups is 1. The van der Waals surface area contributed by atoms with Gasteiger partial charge in [0.2, 0.25) is 5.91 Å². The number of carbonyl (C=O) groups excluding carboxylic acids is 1. The molecule has 0 unspecified atom stereocenters. The fraction of sp³-hybridized carbons (Fsp3) is 0.278. The molecule has 1 aliphatic heterocycles. The first-order chi connectivity index (χ1) is 10.3. The molecule has 1 N–H and O–H groups in total. The van der Waals surface area contributed by atoms with Gasteiger partial charge in [0.05, 0.1) is 0 Å². The lowest BCUT2D eigenvalue weighted by atomic mass is 9.99. The zero-order valence-electron chi connectivity index (χ0n) is 12.7. The summed E-state index contributed by atoms with van der Waals surface area (Å²) < 4.78 is 0. The van der Waals surface area contributed by atoms with E-state index in [4.69, 9.17) is 0 Å². The van der Waals surface area contributed by atoms with Crippen LogP contribution >= 0.6 is 0 Å².